The maximum atomic E-state index is 13.3. The maximum absolute atomic E-state index is 13.3. The Hall–Kier alpha value is -3.06. The number of hydrogen-bond acceptors (Lipinski definition) is 4. The number of rotatable bonds is 5. The second kappa shape index (κ2) is 8.53. The largest absolute Gasteiger partial charge is 0.377 e. The Labute approximate surface area is 168 Å². The van der Waals surface area contributed by atoms with Gasteiger partial charge in [-0.1, -0.05) is 12.1 Å². The summed E-state index contributed by atoms with van der Waals surface area (Å²) < 4.78 is 20.7. The van der Waals surface area contributed by atoms with Crippen LogP contribution >= 0.6 is 0 Å². The maximum Gasteiger partial charge on any atom is 0.246 e. The first-order valence-corrected chi connectivity index (χ1v) is 9.69. The molecule has 1 fully saturated rings. The van der Waals surface area contributed by atoms with Crippen molar-refractivity contribution in [3.05, 3.63) is 65.9 Å². The van der Waals surface area contributed by atoms with E-state index in [1.165, 1.54) is 18.2 Å². The molecule has 0 radical (unpaired) electrons. The SMILES string of the molecule is COCc1nc2cccnc2n1C1CCN(C(=O)/C=C/c2cccc(F)c2)CC1. The lowest BCUT2D eigenvalue weighted by Crippen LogP contribution is -2.38. The monoisotopic (exact) mass is 394 g/mol. The van der Waals surface area contributed by atoms with Crippen molar-refractivity contribution in [2.24, 2.45) is 0 Å². The molecule has 1 saturated heterocycles. The van der Waals surface area contributed by atoms with Gasteiger partial charge in [0, 0.05) is 38.5 Å². The van der Waals surface area contributed by atoms with E-state index in [2.05, 4.69) is 14.5 Å². The van der Waals surface area contributed by atoms with Gasteiger partial charge in [-0.15, -0.1) is 0 Å². The lowest BCUT2D eigenvalue weighted by molar-refractivity contribution is -0.127. The van der Waals surface area contributed by atoms with Crippen LogP contribution in [0.3, 0.4) is 0 Å². The first-order valence-electron chi connectivity index (χ1n) is 9.69. The van der Waals surface area contributed by atoms with Crippen molar-refractivity contribution in [3.8, 4) is 0 Å². The van der Waals surface area contributed by atoms with Gasteiger partial charge in [0.2, 0.25) is 5.91 Å². The molecule has 3 aromatic rings. The highest BCUT2D eigenvalue weighted by Gasteiger charge is 2.26. The number of halogens is 1. The van der Waals surface area contributed by atoms with Crippen molar-refractivity contribution in [1.82, 2.24) is 19.4 Å². The summed E-state index contributed by atoms with van der Waals surface area (Å²) in [6, 6.07) is 10.2. The number of benzene rings is 1. The Kier molecular flexibility index (Phi) is 5.67. The number of piperidine rings is 1. The number of ether oxygens (including phenoxy) is 1. The average molecular weight is 394 g/mol. The normalized spacial score (nSPS) is 15.4. The fourth-order valence-electron chi connectivity index (χ4n) is 3.82. The second-order valence-electron chi connectivity index (χ2n) is 7.12. The topological polar surface area (TPSA) is 60.3 Å². The number of methoxy groups -OCH3 is 1. The minimum absolute atomic E-state index is 0.0570. The highest BCUT2D eigenvalue weighted by atomic mass is 19.1. The van der Waals surface area contributed by atoms with E-state index in [-0.39, 0.29) is 17.8 Å². The van der Waals surface area contributed by atoms with E-state index in [4.69, 9.17) is 4.74 Å². The van der Waals surface area contributed by atoms with Crippen LogP contribution in [0.2, 0.25) is 0 Å². The van der Waals surface area contributed by atoms with E-state index in [9.17, 15) is 9.18 Å². The van der Waals surface area contributed by atoms with Gasteiger partial charge in [0.25, 0.3) is 0 Å². The zero-order chi connectivity index (χ0) is 20.2. The standard InChI is InChI=1S/C22H23FN4O2/c1-29-15-20-25-19-6-3-11-24-22(19)27(20)18-9-12-26(13-10-18)21(28)8-7-16-4-2-5-17(23)14-16/h2-8,11,14,18H,9-10,12-13,15H2,1H3/b8-7+. The Bertz CT molecular complexity index is 1040. The number of hydrogen-bond donors (Lipinski definition) is 0. The van der Waals surface area contributed by atoms with Gasteiger partial charge in [-0.25, -0.2) is 14.4 Å². The van der Waals surface area contributed by atoms with Crippen LogP contribution < -0.4 is 0 Å². The molecule has 150 valence electrons. The van der Waals surface area contributed by atoms with Crippen molar-refractivity contribution < 1.29 is 13.9 Å². The lowest BCUT2D eigenvalue weighted by Gasteiger charge is -2.32. The predicted molar refractivity (Wildman–Crippen MR) is 109 cm³/mol. The first-order chi connectivity index (χ1) is 14.2. The summed E-state index contributed by atoms with van der Waals surface area (Å²) >= 11 is 0. The van der Waals surface area contributed by atoms with Crippen LogP contribution in [0.25, 0.3) is 17.2 Å². The smallest absolute Gasteiger partial charge is 0.246 e. The van der Waals surface area contributed by atoms with E-state index in [0.717, 1.165) is 29.8 Å². The Morgan fingerprint density at radius 3 is 2.86 bits per heavy atom. The molecule has 0 spiro atoms. The van der Waals surface area contributed by atoms with Crippen molar-refractivity contribution in [3.63, 3.8) is 0 Å². The number of carbonyl (C=O) groups is 1. The zero-order valence-corrected chi connectivity index (χ0v) is 16.3. The summed E-state index contributed by atoms with van der Waals surface area (Å²) in [5.41, 5.74) is 2.39. The minimum atomic E-state index is -0.312. The molecule has 0 bridgehead atoms. The van der Waals surface area contributed by atoms with Crippen LogP contribution in [0.1, 0.15) is 30.3 Å². The molecule has 7 heteroatoms. The molecular weight excluding hydrogens is 371 g/mol. The van der Waals surface area contributed by atoms with E-state index in [1.54, 1.807) is 31.5 Å². The molecule has 4 rings (SSSR count). The molecule has 1 amide bonds. The molecule has 1 aliphatic rings. The molecular formula is C22H23FN4O2. The molecule has 6 nitrogen and oxygen atoms in total. The third-order valence-electron chi connectivity index (χ3n) is 5.20. The molecule has 0 atom stereocenters. The number of likely N-dealkylation sites (tertiary alicyclic amines) is 1. The minimum Gasteiger partial charge on any atom is -0.377 e. The Morgan fingerprint density at radius 1 is 1.28 bits per heavy atom. The van der Waals surface area contributed by atoms with E-state index >= 15 is 0 Å². The van der Waals surface area contributed by atoms with Gasteiger partial charge in [-0.05, 0) is 48.7 Å². The van der Waals surface area contributed by atoms with E-state index in [1.807, 2.05) is 17.0 Å². The summed E-state index contributed by atoms with van der Waals surface area (Å²) in [5, 5.41) is 0. The summed E-state index contributed by atoms with van der Waals surface area (Å²) in [6.07, 6.45) is 6.57. The third kappa shape index (κ3) is 4.19. The number of imidazole rings is 1. The zero-order valence-electron chi connectivity index (χ0n) is 16.3. The molecule has 0 aliphatic carbocycles. The average Bonchev–Trinajstić information content (AvgIpc) is 3.10. The van der Waals surface area contributed by atoms with Gasteiger partial charge < -0.3 is 14.2 Å². The molecule has 29 heavy (non-hydrogen) atoms. The van der Waals surface area contributed by atoms with Crippen LogP contribution in [-0.2, 0) is 16.1 Å². The van der Waals surface area contributed by atoms with E-state index < -0.39 is 0 Å². The van der Waals surface area contributed by atoms with Gasteiger partial charge in [-0.2, -0.15) is 0 Å². The summed E-state index contributed by atoms with van der Waals surface area (Å²) in [5.74, 6) is 0.490. The number of amides is 1. The van der Waals surface area contributed by atoms with Gasteiger partial charge in [0.1, 0.15) is 23.8 Å². The van der Waals surface area contributed by atoms with E-state index in [0.29, 0.717) is 25.3 Å². The van der Waals surface area contributed by atoms with Crippen LogP contribution in [0.15, 0.2) is 48.7 Å². The van der Waals surface area contributed by atoms with Gasteiger partial charge in [0.15, 0.2) is 5.65 Å². The quantitative estimate of drug-likeness (QED) is 0.621. The highest BCUT2D eigenvalue weighted by Crippen LogP contribution is 2.28. The van der Waals surface area contributed by atoms with Crippen LogP contribution in [0.5, 0.6) is 0 Å². The van der Waals surface area contributed by atoms with Gasteiger partial charge in [-0.3, -0.25) is 4.79 Å². The number of carbonyl (C=O) groups excluding carboxylic acids is 1. The second-order valence-corrected chi connectivity index (χ2v) is 7.12. The van der Waals surface area contributed by atoms with Gasteiger partial charge in [0.05, 0.1) is 0 Å². The molecule has 3 heterocycles. The van der Waals surface area contributed by atoms with Gasteiger partial charge >= 0.3 is 0 Å². The number of nitrogens with zero attached hydrogens (tertiary/aromatic N) is 4. The third-order valence-corrected chi connectivity index (χ3v) is 5.20. The van der Waals surface area contributed by atoms with Crippen LogP contribution in [0.4, 0.5) is 4.39 Å². The predicted octanol–water partition coefficient (Wildman–Crippen LogP) is 3.59. The molecule has 2 aromatic heterocycles. The van der Waals surface area contributed by atoms with Crippen molar-refractivity contribution in [2.45, 2.75) is 25.5 Å². The molecule has 0 N–H and O–H groups in total. The summed E-state index contributed by atoms with van der Waals surface area (Å²) in [7, 11) is 1.66. The first kappa shape index (κ1) is 19.3. The fourth-order valence-corrected chi connectivity index (χ4v) is 3.82. The summed E-state index contributed by atoms with van der Waals surface area (Å²) in [4.78, 5) is 23.5. The number of pyridine rings is 1. The number of fused-ring (bicyclic) bond motifs is 1. The van der Waals surface area contributed by atoms with Crippen LogP contribution in [0, 0.1) is 5.82 Å². The van der Waals surface area contributed by atoms with Crippen molar-refractivity contribution >= 4 is 23.1 Å². The fraction of sp³-hybridized carbons (Fsp3) is 0.318. The Morgan fingerprint density at radius 2 is 2.10 bits per heavy atom. The van der Waals surface area contributed by atoms with Crippen LogP contribution in [-0.4, -0.2) is 45.5 Å². The molecule has 0 saturated carbocycles. The molecule has 1 aliphatic heterocycles. The molecule has 0 unspecified atom stereocenters. The number of aromatic nitrogens is 3. The van der Waals surface area contributed by atoms with Crippen molar-refractivity contribution in [2.75, 3.05) is 20.2 Å². The summed E-state index contributed by atoms with van der Waals surface area (Å²) in [6.45, 7) is 1.72. The lowest BCUT2D eigenvalue weighted by atomic mass is 10.0. The van der Waals surface area contributed by atoms with Crippen molar-refractivity contribution in [1.29, 1.82) is 0 Å². The highest BCUT2D eigenvalue weighted by molar-refractivity contribution is 5.91. The molecule has 1 aromatic carbocycles. The Balaban J connectivity index is 1.45.